The molecule has 0 rings (SSSR count). The Morgan fingerprint density at radius 3 is 2.14 bits per heavy atom. The fourth-order valence-corrected chi connectivity index (χ4v) is 2.91. The number of ether oxygens (including phenoxy) is 1. The Labute approximate surface area is 131 Å². The molecule has 0 saturated heterocycles. The topological polar surface area (TPSA) is 63.6 Å². The van der Waals surface area contributed by atoms with Crippen LogP contribution in [-0.4, -0.2) is 31.9 Å². The van der Waals surface area contributed by atoms with Gasteiger partial charge in [-0.05, 0) is 25.2 Å². The van der Waals surface area contributed by atoms with Crippen LogP contribution in [0.4, 0.5) is 0 Å². The van der Waals surface area contributed by atoms with Gasteiger partial charge in [-0.15, -0.1) is 0 Å². The van der Waals surface area contributed by atoms with Crippen molar-refractivity contribution in [2.75, 3.05) is 19.0 Å². The van der Waals surface area contributed by atoms with E-state index >= 15 is 0 Å². The minimum absolute atomic E-state index is 0.105. The van der Waals surface area contributed by atoms with Crippen LogP contribution in [0.2, 0.25) is 0 Å². The standard InChI is InChI=1S/C16H34O4S/c1-3-5-12-16(4-2)15-20-13-10-8-6-7-9-11-14-21(17,18)19/h16H,3-15H2,1-2H3,(H,17,18,19). The molecule has 0 amide bonds. The van der Waals surface area contributed by atoms with Gasteiger partial charge in [0.15, 0.2) is 0 Å². The van der Waals surface area contributed by atoms with Crippen molar-refractivity contribution in [2.24, 2.45) is 5.92 Å². The second-order valence-electron chi connectivity index (χ2n) is 5.90. The average molecular weight is 323 g/mol. The molecule has 0 aliphatic heterocycles. The van der Waals surface area contributed by atoms with Crippen molar-refractivity contribution in [3.63, 3.8) is 0 Å². The molecule has 21 heavy (non-hydrogen) atoms. The van der Waals surface area contributed by atoms with Gasteiger partial charge in [0.05, 0.1) is 5.75 Å². The fourth-order valence-electron chi connectivity index (χ4n) is 2.34. The van der Waals surface area contributed by atoms with Gasteiger partial charge in [-0.3, -0.25) is 4.55 Å². The largest absolute Gasteiger partial charge is 0.381 e. The zero-order valence-electron chi connectivity index (χ0n) is 13.8. The first kappa shape index (κ1) is 20.9. The van der Waals surface area contributed by atoms with Gasteiger partial charge in [-0.2, -0.15) is 8.42 Å². The van der Waals surface area contributed by atoms with Gasteiger partial charge in [0.2, 0.25) is 0 Å². The zero-order chi connectivity index (χ0) is 16.0. The summed E-state index contributed by atoms with van der Waals surface area (Å²) >= 11 is 0. The summed E-state index contributed by atoms with van der Waals surface area (Å²) in [6.45, 7) is 6.19. The van der Waals surface area contributed by atoms with Gasteiger partial charge in [0.25, 0.3) is 10.1 Å². The molecule has 0 aromatic carbocycles. The van der Waals surface area contributed by atoms with Crippen molar-refractivity contribution in [3.05, 3.63) is 0 Å². The molecule has 0 aromatic heterocycles. The molecule has 0 fully saturated rings. The average Bonchev–Trinajstić information content (AvgIpc) is 2.43. The lowest BCUT2D eigenvalue weighted by Gasteiger charge is -2.14. The summed E-state index contributed by atoms with van der Waals surface area (Å²) < 4.78 is 35.4. The van der Waals surface area contributed by atoms with Crippen LogP contribution in [0.15, 0.2) is 0 Å². The van der Waals surface area contributed by atoms with E-state index in [0.29, 0.717) is 12.3 Å². The molecule has 0 aliphatic rings. The summed E-state index contributed by atoms with van der Waals surface area (Å²) in [4.78, 5) is 0. The fraction of sp³-hybridized carbons (Fsp3) is 1.00. The number of unbranched alkanes of at least 4 members (excludes halogenated alkanes) is 6. The molecular formula is C16H34O4S. The van der Waals surface area contributed by atoms with Crippen LogP contribution in [0, 0.1) is 5.92 Å². The summed E-state index contributed by atoms with van der Waals surface area (Å²) in [6, 6.07) is 0. The van der Waals surface area contributed by atoms with Crippen LogP contribution in [0.3, 0.4) is 0 Å². The van der Waals surface area contributed by atoms with E-state index in [-0.39, 0.29) is 5.75 Å². The van der Waals surface area contributed by atoms with Gasteiger partial charge in [-0.25, -0.2) is 0 Å². The Hall–Kier alpha value is -0.130. The molecule has 0 spiro atoms. The van der Waals surface area contributed by atoms with Crippen molar-refractivity contribution in [2.45, 2.75) is 78.1 Å². The number of rotatable bonds is 15. The summed E-state index contributed by atoms with van der Waals surface area (Å²) in [5, 5.41) is 0. The van der Waals surface area contributed by atoms with Gasteiger partial charge in [-0.1, -0.05) is 58.8 Å². The molecule has 0 heterocycles. The first-order valence-corrected chi connectivity index (χ1v) is 10.1. The third kappa shape index (κ3) is 16.1. The highest BCUT2D eigenvalue weighted by Gasteiger charge is 2.05. The van der Waals surface area contributed by atoms with E-state index in [2.05, 4.69) is 13.8 Å². The van der Waals surface area contributed by atoms with E-state index < -0.39 is 10.1 Å². The molecule has 1 unspecified atom stereocenters. The molecule has 0 radical (unpaired) electrons. The van der Waals surface area contributed by atoms with Crippen molar-refractivity contribution < 1.29 is 17.7 Å². The highest BCUT2D eigenvalue weighted by molar-refractivity contribution is 7.85. The van der Waals surface area contributed by atoms with Gasteiger partial charge >= 0.3 is 0 Å². The minimum Gasteiger partial charge on any atom is -0.381 e. The summed E-state index contributed by atoms with van der Waals surface area (Å²) in [5.41, 5.74) is 0. The van der Waals surface area contributed by atoms with Crippen LogP contribution in [-0.2, 0) is 14.9 Å². The molecule has 1 N–H and O–H groups in total. The predicted molar refractivity (Wildman–Crippen MR) is 88.2 cm³/mol. The van der Waals surface area contributed by atoms with Crippen LogP contribution in [0.1, 0.15) is 78.1 Å². The maximum Gasteiger partial charge on any atom is 0.264 e. The molecule has 0 aromatic rings. The van der Waals surface area contributed by atoms with E-state index in [4.69, 9.17) is 9.29 Å². The van der Waals surface area contributed by atoms with E-state index in [0.717, 1.165) is 45.3 Å². The molecule has 128 valence electrons. The molecule has 0 bridgehead atoms. The van der Waals surface area contributed by atoms with Crippen molar-refractivity contribution in [1.29, 1.82) is 0 Å². The summed E-state index contributed by atoms with van der Waals surface area (Å²) in [6.07, 6.45) is 10.8. The van der Waals surface area contributed by atoms with Crippen molar-refractivity contribution in [3.8, 4) is 0 Å². The third-order valence-electron chi connectivity index (χ3n) is 3.84. The molecular weight excluding hydrogens is 288 g/mol. The first-order valence-electron chi connectivity index (χ1n) is 8.52. The molecule has 0 saturated carbocycles. The lowest BCUT2D eigenvalue weighted by molar-refractivity contribution is 0.0908. The Morgan fingerprint density at radius 2 is 1.57 bits per heavy atom. The normalized spacial score (nSPS) is 13.5. The predicted octanol–water partition coefficient (Wildman–Crippen LogP) is 4.45. The lowest BCUT2D eigenvalue weighted by Crippen LogP contribution is -2.09. The first-order chi connectivity index (χ1) is 9.99. The van der Waals surface area contributed by atoms with Crippen LogP contribution in [0.25, 0.3) is 0 Å². The van der Waals surface area contributed by atoms with Crippen molar-refractivity contribution in [1.82, 2.24) is 0 Å². The molecule has 1 atom stereocenters. The van der Waals surface area contributed by atoms with E-state index in [1.165, 1.54) is 25.7 Å². The van der Waals surface area contributed by atoms with Gasteiger partial charge in [0.1, 0.15) is 0 Å². The maximum absolute atomic E-state index is 10.5. The minimum atomic E-state index is -3.77. The highest BCUT2D eigenvalue weighted by Crippen LogP contribution is 2.13. The lowest BCUT2D eigenvalue weighted by atomic mass is 10.0. The van der Waals surface area contributed by atoms with E-state index in [9.17, 15) is 8.42 Å². The van der Waals surface area contributed by atoms with Crippen LogP contribution < -0.4 is 0 Å². The SMILES string of the molecule is CCCCC(CC)COCCCCCCCCS(=O)(=O)O. The maximum atomic E-state index is 10.5. The van der Waals surface area contributed by atoms with E-state index in [1.54, 1.807) is 0 Å². The Morgan fingerprint density at radius 1 is 0.952 bits per heavy atom. The smallest absolute Gasteiger partial charge is 0.264 e. The molecule has 4 nitrogen and oxygen atoms in total. The number of hydrogen-bond donors (Lipinski definition) is 1. The Kier molecular flexibility index (Phi) is 13.4. The van der Waals surface area contributed by atoms with Gasteiger partial charge in [0, 0.05) is 13.2 Å². The summed E-state index contributed by atoms with van der Waals surface area (Å²) in [5.74, 6) is 0.608. The van der Waals surface area contributed by atoms with Crippen LogP contribution in [0.5, 0.6) is 0 Å². The van der Waals surface area contributed by atoms with Gasteiger partial charge < -0.3 is 4.74 Å². The van der Waals surface area contributed by atoms with E-state index in [1.807, 2.05) is 0 Å². The second-order valence-corrected chi connectivity index (χ2v) is 7.47. The monoisotopic (exact) mass is 322 g/mol. The highest BCUT2D eigenvalue weighted by atomic mass is 32.2. The van der Waals surface area contributed by atoms with Crippen molar-refractivity contribution >= 4 is 10.1 Å². The quantitative estimate of drug-likeness (QED) is 0.357. The zero-order valence-corrected chi connectivity index (χ0v) is 14.7. The molecule has 5 heteroatoms. The third-order valence-corrected chi connectivity index (χ3v) is 4.64. The number of hydrogen-bond acceptors (Lipinski definition) is 3. The Bertz CT molecular complexity index is 314. The molecule has 0 aliphatic carbocycles. The van der Waals surface area contributed by atoms with Crippen LogP contribution >= 0.6 is 0 Å². The summed E-state index contributed by atoms with van der Waals surface area (Å²) in [7, 11) is -3.77. The second kappa shape index (κ2) is 13.5. The Balaban J connectivity index is 3.28.